The number of hydrogen-bond donors (Lipinski definition) is 1. The summed E-state index contributed by atoms with van der Waals surface area (Å²) in [6, 6.07) is 11.9. The van der Waals surface area contributed by atoms with Gasteiger partial charge in [-0.2, -0.15) is 0 Å². The van der Waals surface area contributed by atoms with Crippen LogP contribution in [0.1, 0.15) is 30.5 Å². The van der Waals surface area contributed by atoms with E-state index in [-0.39, 0.29) is 11.8 Å². The van der Waals surface area contributed by atoms with Crippen molar-refractivity contribution in [1.29, 1.82) is 0 Å². The quantitative estimate of drug-likeness (QED) is 0.748. The molecule has 0 atom stereocenters. The molecule has 5 nitrogen and oxygen atoms in total. The van der Waals surface area contributed by atoms with Crippen LogP contribution in [-0.4, -0.2) is 36.9 Å². The van der Waals surface area contributed by atoms with Crippen LogP contribution >= 0.6 is 11.6 Å². The molecule has 30 heavy (non-hydrogen) atoms. The van der Waals surface area contributed by atoms with Gasteiger partial charge in [-0.15, -0.1) is 0 Å². The molecule has 0 aromatic heterocycles. The predicted octanol–water partition coefficient (Wildman–Crippen LogP) is 4.24. The molecule has 0 unspecified atom stereocenters. The average Bonchev–Trinajstić information content (AvgIpc) is 2.86. The highest BCUT2D eigenvalue weighted by molar-refractivity contribution is 6.31. The number of likely N-dealkylation sites (tertiary alicyclic amines) is 1. The van der Waals surface area contributed by atoms with Crippen LogP contribution in [0.4, 0.5) is 11.4 Å². The molecule has 2 aliphatic rings. The molecule has 2 heterocycles. The Morgan fingerprint density at radius 3 is 2.57 bits per heavy atom. The maximum absolute atomic E-state index is 12.6. The van der Waals surface area contributed by atoms with E-state index in [1.54, 1.807) is 9.80 Å². The Morgan fingerprint density at radius 1 is 1.20 bits per heavy atom. The Morgan fingerprint density at radius 2 is 1.90 bits per heavy atom. The molecule has 2 amide bonds. The van der Waals surface area contributed by atoms with Crippen molar-refractivity contribution < 1.29 is 9.59 Å². The number of nitrogens with one attached hydrogen (secondary N) is 1. The summed E-state index contributed by atoms with van der Waals surface area (Å²) in [5, 5.41) is 4.35. The van der Waals surface area contributed by atoms with Crippen LogP contribution in [0.2, 0.25) is 5.02 Å². The Hall–Kier alpha value is -2.79. The fourth-order valence-corrected chi connectivity index (χ4v) is 4.84. The molecule has 0 spiro atoms. The molecule has 0 aliphatic carbocycles. The lowest BCUT2D eigenvalue weighted by atomic mass is 9.79. The Labute approximate surface area is 182 Å². The molecule has 6 heteroatoms. The average molecular weight is 424 g/mol. The molecule has 2 aromatic rings. The highest BCUT2D eigenvalue weighted by atomic mass is 35.5. The number of fused-ring (bicyclic) bond motifs is 1. The first-order valence-corrected chi connectivity index (χ1v) is 10.4. The number of carbonyl (C=O) groups is 2. The summed E-state index contributed by atoms with van der Waals surface area (Å²) < 4.78 is 0. The molecule has 4 rings (SSSR count). The van der Waals surface area contributed by atoms with E-state index in [9.17, 15) is 9.59 Å². The first-order chi connectivity index (χ1) is 14.1. The second-order valence-electron chi connectivity index (χ2n) is 8.74. The zero-order chi connectivity index (χ0) is 21.8. The zero-order valence-corrected chi connectivity index (χ0v) is 18.5. The summed E-state index contributed by atoms with van der Waals surface area (Å²) in [5.41, 5.74) is 3.89. The van der Waals surface area contributed by atoms with Crippen LogP contribution in [0.25, 0.3) is 0 Å². The molecular formula is C24H26ClN3O2. The number of carbonyl (C=O) groups excluding carboxylic acids is 2. The second kappa shape index (κ2) is 6.88. The third-order valence-corrected chi connectivity index (χ3v) is 6.86. The van der Waals surface area contributed by atoms with E-state index >= 15 is 0 Å². The van der Waals surface area contributed by atoms with E-state index in [0.29, 0.717) is 18.1 Å². The number of nitrogens with zero attached hydrogens (tertiary/aromatic N) is 2. The SMILES string of the molecule is C=CC(=O)N1CC(Nc2ccc3c(c2)N(C)C(=O)C3(C)C)(c2cccc(Cl)c2C)C1. The Bertz CT molecular complexity index is 1070. The van der Waals surface area contributed by atoms with Crippen LogP contribution in [0.15, 0.2) is 49.1 Å². The maximum Gasteiger partial charge on any atom is 0.246 e. The molecule has 1 saturated heterocycles. The number of hydrogen-bond acceptors (Lipinski definition) is 3. The third kappa shape index (κ3) is 2.91. The monoisotopic (exact) mass is 423 g/mol. The van der Waals surface area contributed by atoms with Crippen molar-refractivity contribution >= 4 is 34.8 Å². The van der Waals surface area contributed by atoms with Gasteiger partial charge in [-0.25, -0.2) is 0 Å². The van der Waals surface area contributed by atoms with E-state index in [4.69, 9.17) is 11.6 Å². The predicted molar refractivity (Wildman–Crippen MR) is 121 cm³/mol. The molecule has 156 valence electrons. The summed E-state index contributed by atoms with van der Waals surface area (Å²) in [6.07, 6.45) is 1.34. The molecule has 1 fully saturated rings. The van der Waals surface area contributed by atoms with E-state index in [2.05, 4.69) is 18.0 Å². The van der Waals surface area contributed by atoms with Crippen molar-refractivity contribution in [3.05, 3.63) is 70.8 Å². The van der Waals surface area contributed by atoms with Crippen LogP contribution < -0.4 is 10.2 Å². The fourth-order valence-electron chi connectivity index (χ4n) is 4.67. The van der Waals surface area contributed by atoms with Gasteiger partial charge in [0.15, 0.2) is 0 Å². The molecular weight excluding hydrogens is 398 g/mol. The van der Waals surface area contributed by atoms with Crippen LogP contribution in [-0.2, 0) is 20.5 Å². The van der Waals surface area contributed by atoms with Gasteiger partial charge >= 0.3 is 0 Å². The van der Waals surface area contributed by atoms with Gasteiger partial charge in [-0.05, 0) is 61.7 Å². The van der Waals surface area contributed by atoms with Crippen LogP contribution in [0.5, 0.6) is 0 Å². The van der Waals surface area contributed by atoms with Gasteiger partial charge in [-0.3, -0.25) is 9.59 Å². The van der Waals surface area contributed by atoms with E-state index in [1.807, 2.05) is 58.2 Å². The van der Waals surface area contributed by atoms with Gasteiger partial charge in [-0.1, -0.05) is 36.4 Å². The van der Waals surface area contributed by atoms with Crippen molar-refractivity contribution in [3.8, 4) is 0 Å². The highest BCUT2D eigenvalue weighted by Crippen LogP contribution is 2.44. The zero-order valence-electron chi connectivity index (χ0n) is 17.8. The first-order valence-electron chi connectivity index (χ1n) is 9.98. The van der Waals surface area contributed by atoms with Crippen molar-refractivity contribution in [2.24, 2.45) is 0 Å². The molecule has 2 aliphatic heterocycles. The molecule has 1 N–H and O–H groups in total. The highest BCUT2D eigenvalue weighted by Gasteiger charge is 2.48. The third-order valence-electron chi connectivity index (χ3n) is 6.45. The van der Waals surface area contributed by atoms with Crippen molar-refractivity contribution in [1.82, 2.24) is 4.90 Å². The minimum Gasteiger partial charge on any atom is -0.372 e. The summed E-state index contributed by atoms with van der Waals surface area (Å²) in [7, 11) is 1.81. The lowest BCUT2D eigenvalue weighted by molar-refractivity contribution is -0.132. The van der Waals surface area contributed by atoms with E-state index in [1.165, 1.54) is 6.08 Å². The Balaban J connectivity index is 1.73. The molecule has 0 bridgehead atoms. The first kappa shape index (κ1) is 20.5. The van der Waals surface area contributed by atoms with Gasteiger partial charge in [0.25, 0.3) is 0 Å². The molecule has 0 saturated carbocycles. The number of benzene rings is 2. The van der Waals surface area contributed by atoms with E-state index < -0.39 is 11.0 Å². The fraction of sp³-hybridized carbons (Fsp3) is 0.333. The number of likely N-dealkylation sites (N-methyl/N-ethyl adjacent to an activating group) is 1. The van der Waals surface area contributed by atoms with Gasteiger partial charge in [0.1, 0.15) is 0 Å². The number of halogens is 1. The number of amides is 2. The smallest absolute Gasteiger partial charge is 0.246 e. The van der Waals surface area contributed by atoms with Crippen molar-refractivity contribution in [3.63, 3.8) is 0 Å². The topological polar surface area (TPSA) is 52.7 Å². The maximum atomic E-state index is 12.6. The summed E-state index contributed by atoms with van der Waals surface area (Å²) in [6.45, 7) is 10.5. The Kier molecular flexibility index (Phi) is 4.70. The lowest BCUT2D eigenvalue weighted by Gasteiger charge is -2.51. The lowest BCUT2D eigenvalue weighted by Crippen LogP contribution is -2.65. The minimum absolute atomic E-state index is 0.0847. The standard InChI is InChI=1S/C24H26ClN3O2/c1-6-21(29)28-13-24(14-28,17-8-7-9-19(25)15(17)2)26-16-10-11-18-20(12-16)27(5)22(30)23(18,3)4/h6-12,26H,1,13-14H2,2-5H3. The largest absolute Gasteiger partial charge is 0.372 e. The summed E-state index contributed by atoms with van der Waals surface area (Å²) >= 11 is 6.40. The van der Waals surface area contributed by atoms with Gasteiger partial charge in [0, 0.05) is 23.4 Å². The normalized spacial score (nSPS) is 18.6. The van der Waals surface area contributed by atoms with Crippen LogP contribution in [0.3, 0.4) is 0 Å². The summed E-state index contributed by atoms with van der Waals surface area (Å²) in [4.78, 5) is 28.2. The van der Waals surface area contributed by atoms with Crippen molar-refractivity contribution in [2.45, 2.75) is 31.7 Å². The van der Waals surface area contributed by atoms with Gasteiger partial charge in [0.2, 0.25) is 11.8 Å². The molecule has 0 radical (unpaired) electrons. The molecule has 2 aromatic carbocycles. The second-order valence-corrected chi connectivity index (χ2v) is 9.15. The number of anilines is 2. The van der Waals surface area contributed by atoms with Gasteiger partial charge in [0.05, 0.1) is 24.0 Å². The number of rotatable bonds is 4. The summed E-state index contributed by atoms with van der Waals surface area (Å²) in [5.74, 6) is -0.00501. The van der Waals surface area contributed by atoms with Gasteiger partial charge < -0.3 is 15.1 Å². The van der Waals surface area contributed by atoms with Crippen molar-refractivity contribution in [2.75, 3.05) is 30.4 Å². The van der Waals surface area contributed by atoms with E-state index in [0.717, 1.165) is 28.1 Å². The van der Waals surface area contributed by atoms with Crippen LogP contribution in [0, 0.1) is 6.92 Å². The minimum atomic E-state index is -0.534.